The van der Waals surface area contributed by atoms with Crippen LogP contribution in [0.2, 0.25) is 0 Å². The molecule has 4 rings (SSSR count). The predicted molar refractivity (Wildman–Crippen MR) is 130 cm³/mol. The van der Waals surface area contributed by atoms with Crippen LogP contribution < -0.4 is 0 Å². The number of aromatic carboxylic acids is 1. The largest absolute Gasteiger partial charge is 0.476 e. The highest BCUT2D eigenvalue weighted by molar-refractivity contribution is 5.85. The zero-order valence-corrected chi connectivity index (χ0v) is 20.0. The van der Waals surface area contributed by atoms with Gasteiger partial charge in [-0.05, 0) is 44.0 Å². The van der Waals surface area contributed by atoms with Crippen LogP contribution in [0.4, 0.5) is 4.79 Å². The number of nitrogens with zero attached hydrogens (tertiary/aromatic N) is 3. The fraction of sp³-hybridized carbons (Fsp3) is 0.333. The number of hydrogen-bond acceptors (Lipinski definition) is 6. The van der Waals surface area contributed by atoms with E-state index in [4.69, 9.17) is 9.84 Å². The van der Waals surface area contributed by atoms with Crippen LogP contribution in [0.25, 0.3) is 11.3 Å². The summed E-state index contributed by atoms with van der Waals surface area (Å²) in [4.78, 5) is 25.9. The Morgan fingerprint density at radius 1 is 1.09 bits per heavy atom. The van der Waals surface area contributed by atoms with Crippen LogP contribution in [0.5, 0.6) is 0 Å². The van der Waals surface area contributed by atoms with Crippen LogP contribution in [-0.4, -0.2) is 49.5 Å². The molecule has 1 aliphatic rings. The lowest BCUT2D eigenvalue weighted by atomic mass is 9.80. The Morgan fingerprint density at radius 3 is 2.31 bits per heavy atom. The fourth-order valence-corrected chi connectivity index (χ4v) is 4.60. The van der Waals surface area contributed by atoms with Crippen LogP contribution >= 0.6 is 0 Å². The molecule has 0 aliphatic carbocycles. The van der Waals surface area contributed by atoms with E-state index in [1.54, 1.807) is 24.8 Å². The van der Waals surface area contributed by atoms with Gasteiger partial charge in [-0.25, -0.2) is 9.59 Å². The van der Waals surface area contributed by atoms with Crippen molar-refractivity contribution in [3.05, 3.63) is 83.6 Å². The van der Waals surface area contributed by atoms with Gasteiger partial charge in [-0.3, -0.25) is 0 Å². The predicted octanol–water partition coefficient (Wildman–Crippen LogP) is 4.80. The lowest BCUT2D eigenvalue weighted by Gasteiger charge is -2.45. The fourth-order valence-electron chi connectivity index (χ4n) is 4.60. The van der Waals surface area contributed by atoms with Gasteiger partial charge in [0.15, 0.2) is 5.69 Å². The molecule has 8 nitrogen and oxygen atoms in total. The summed E-state index contributed by atoms with van der Waals surface area (Å²) in [5.41, 5.74) is 1.14. The van der Waals surface area contributed by atoms with Crippen LogP contribution in [0.3, 0.4) is 0 Å². The van der Waals surface area contributed by atoms with Crippen LogP contribution in [0.15, 0.2) is 66.7 Å². The van der Waals surface area contributed by atoms with E-state index in [1.165, 1.54) is 6.07 Å². The highest BCUT2D eigenvalue weighted by Crippen LogP contribution is 2.42. The van der Waals surface area contributed by atoms with E-state index in [0.29, 0.717) is 25.1 Å². The van der Waals surface area contributed by atoms with Crippen molar-refractivity contribution < 1.29 is 24.5 Å². The first-order chi connectivity index (χ1) is 16.6. The van der Waals surface area contributed by atoms with E-state index in [-0.39, 0.29) is 11.7 Å². The van der Waals surface area contributed by atoms with Gasteiger partial charge in [-0.2, -0.15) is 0 Å². The maximum atomic E-state index is 13.2. The van der Waals surface area contributed by atoms with Gasteiger partial charge in [-0.15, -0.1) is 10.2 Å². The van der Waals surface area contributed by atoms with Crippen molar-refractivity contribution in [1.82, 2.24) is 15.1 Å². The topological polar surface area (TPSA) is 113 Å². The van der Waals surface area contributed by atoms with E-state index in [0.717, 1.165) is 16.7 Å². The number of hydrogen-bond donors (Lipinski definition) is 2. The van der Waals surface area contributed by atoms with Gasteiger partial charge in [0.2, 0.25) is 0 Å². The molecule has 2 unspecified atom stereocenters. The number of carboxylic acid groups (broad SMARTS) is 1. The molecular formula is C27H29N3O5. The molecule has 182 valence electrons. The van der Waals surface area contributed by atoms with Crippen molar-refractivity contribution in [2.75, 3.05) is 6.54 Å². The number of carbonyl (C=O) groups excluding carboxylic acids is 1. The average Bonchev–Trinajstić information content (AvgIpc) is 2.83. The molecular weight excluding hydrogens is 446 g/mol. The second-order valence-corrected chi connectivity index (χ2v) is 9.57. The maximum Gasteiger partial charge on any atom is 0.411 e. The van der Waals surface area contributed by atoms with Crippen LogP contribution in [-0.2, 0) is 10.3 Å². The Hall–Kier alpha value is -3.78. The Morgan fingerprint density at radius 2 is 1.77 bits per heavy atom. The Balaban J connectivity index is 1.51. The van der Waals surface area contributed by atoms with Gasteiger partial charge >= 0.3 is 12.1 Å². The van der Waals surface area contributed by atoms with Crippen molar-refractivity contribution >= 4 is 12.1 Å². The molecule has 1 fully saturated rings. The third kappa shape index (κ3) is 5.33. The van der Waals surface area contributed by atoms with Gasteiger partial charge < -0.3 is 19.8 Å². The molecule has 0 radical (unpaired) electrons. The Bertz CT molecular complexity index is 1190. The molecule has 8 heteroatoms. The normalized spacial score (nSPS) is 19.2. The van der Waals surface area contributed by atoms with Crippen molar-refractivity contribution in [3.63, 3.8) is 0 Å². The number of cyclic esters (lactones) is 1. The average molecular weight is 476 g/mol. The van der Waals surface area contributed by atoms with E-state index in [9.17, 15) is 14.7 Å². The second-order valence-electron chi connectivity index (χ2n) is 9.57. The SMILES string of the molecule is CC(c1ccc(-c2ccc(C(=O)O)nn2)cc1)N1CCC(CC(C)(C)O)(c2ccccc2)OC1=O. The quantitative estimate of drug-likeness (QED) is 0.505. The first-order valence-corrected chi connectivity index (χ1v) is 11.5. The number of rotatable bonds is 7. The van der Waals surface area contributed by atoms with Gasteiger partial charge in [0.05, 0.1) is 17.3 Å². The molecule has 0 spiro atoms. The molecule has 0 saturated carbocycles. The van der Waals surface area contributed by atoms with Gasteiger partial charge in [-0.1, -0.05) is 54.6 Å². The zero-order valence-electron chi connectivity index (χ0n) is 20.0. The standard InChI is InChI=1S/C27H29N3O5/c1-18(19-9-11-20(12-10-19)22-13-14-23(24(31)32)29-28-22)30-16-15-27(35-25(30)33,17-26(2,3)34)21-7-5-4-6-8-21/h4-14,18,34H,15-17H2,1-3H3,(H,31,32). The molecule has 2 atom stereocenters. The van der Waals surface area contributed by atoms with E-state index in [2.05, 4.69) is 10.2 Å². The summed E-state index contributed by atoms with van der Waals surface area (Å²) in [7, 11) is 0. The summed E-state index contributed by atoms with van der Waals surface area (Å²) in [5.74, 6) is -1.12. The molecule has 35 heavy (non-hydrogen) atoms. The molecule has 2 N–H and O–H groups in total. The molecule has 2 heterocycles. The summed E-state index contributed by atoms with van der Waals surface area (Å²) < 4.78 is 6.08. The minimum Gasteiger partial charge on any atom is -0.476 e. The summed E-state index contributed by atoms with van der Waals surface area (Å²) in [5, 5.41) is 27.2. The summed E-state index contributed by atoms with van der Waals surface area (Å²) >= 11 is 0. The molecule has 1 saturated heterocycles. The van der Waals surface area contributed by atoms with E-state index < -0.39 is 23.3 Å². The monoisotopic (exact) mass is 475 g/mol. The van der Waals surface area contributed by atoms with Crippen molar-refractivity contribution in [1.29, 1.82) is 0 Å². The highest BCUT2D eigenvalue weighted by atomic mass is 16.6. The first kappa shape index (κ1) is 24.3. The van der Waals surface area contributed by atoms with Crippen molar-refractivity contribution in [2.45, 2.75) is 50.9 Å². The molecule has 2 aromatic carbocycles. The molecule has 3 aromatic rings. The number of aliphatic hydroxyl groups is 1. The number of aromatic nitrogens is 2. The minimum absolute atomic E-state index is 0.112. The zero-order chi connectivity index (χ0) is 25.2. The van der Waals surface area contributed by atoms with E-state index in [1.807, 2.05) is 61.5 Å². The number of amides is 1. The van der Waals surface area contributed by atoms with Crippen molar-refractivity contribution in [2.24, 2.45) is 0 Å². The van der Waals surface area contributed by atoms with Gasteiger partial charge in [0, 0.05) is 24.9 Å². The van der Waals surface area contributed by atoms with Crippen LogP contribution in [0.1, 0.15) is 61.3 Å². The lowest BCUT2D eigenvalue weighted by molar-refractivity contribution is -0.101. The number of carbonyl (C=O) groups is 2. The second kappa shape index (κ2) is 9.46. The van der Waals surface area contributed by atoms with Crippen molar-refractivity contribution in [3.8, 4) is 11.3 Å². The highest BCUT2D eigenvalue weighted by Gasteiger charge is 2.46. The van der Waals surface area contributed by atoms with Gasteiger partial charge in [0.25, 0.3) is 0 Å². The smallest absolute Gasteiger partial charge is 0.411 e. The lowest BCUT2D eigenvalue weighted by Crippen LogP contribution is -2.51. The number of benzene rings is 2. The summed E-state index contributed by atoms with van der Waals surface area (Å²) in [6.07, 6.45) is 0.436. The molecule has 1 aliphatic heterocycles. The number of ether oxygens (including phenoxy) is 1. The molecule has 1 amide bonds. The molecule has 1 aromatic heterocycles. The third-order valence-electron chi connectivity index (χ3n) is 6.33. The molecule has 0 bridgehead atoms. The summed E-state index contributed by atoms with van der Waals surface area (Å²) in [6, 6.07) is 20.0. The van der Waals surface area contributed by atoms with Crippen LogP contribution in [0, 0.1) is 0 Å². The third-order valence-corrected chi connectivity index (χ3v) is 6.33. The first-order valence-electron chi connectivity index (χ1n) is 11.5. The Kier molecular flexibility index (Phi) is 6.58. The van der Waals surface area contributed by atoms with E-state index >= 15 is 0 Å². The minimum atomic E-state index is -1.12. The number of carboxylic acids is 1. The Labute approximate surface area is 204 Å². The maximum absolute atomic E-state index is 13.2. The van der Waals surface area contributed by atoms with Gasteiger partial charge in [0.1, 0.15) is 5.60 Å². The summed E-state index contributed by atoms with van der Waals surface area (Å²) in [6.45, 7) is 5.88.